The number of alkyl halides is 1. The predicted octanol–water partition coefficient (Wildman–Crippen LogP) is 1.46. The standard InChI is InChI=1S/C6H12ClN3O2/c7-4-2-1-3-5-10(9-12)6(8)11/h1-5H2,(H2,8,11). The SMILES string of the molecule is NC(=O)N(CCCCCCl)N=O. The van der Waals surface area contributed by atoms with Crippen LogP contribution in [0.2, 0.25) is 0 Å². The highest BCUT2D eigenvalue weighted by Gasteiger charge is 2.07. The van der Waals surface area contributed by atoms with Crippen molar-refractivity contribution in [3.8, 4) is 0 Å². The fraction of sp³-hybridized carbons (Fsp3) is 0.833. The van der Waals surface area contributed by atoms with Crippen LogP contribution in [0.4, 0.5) is 4.79 Å². The Morgan fingerprint density at radius 1 is 1.42 bits per heavy atom. The molecule has 0 aromatic rings. The number of carbonyl (C=O) groups is 1. The lowest BCUT2D eigenvalue weighted by molar-refractivity contribution is 0.208. The van der Waals surface area contributed by atoms with E-state index in [9.17, 15) is 9.70 Å². The highest BCUT2D eigenvalue weighted by molar-refractivity contribution is 6.17. The molecule has 5 nitrogen and oxygen atoms in total. The number of unbranched alkanes of at least 4 members (excludes halogenated alkanes) is 2. The molecule has 0 aliphatic rings. The van der Waals surface area contributed by atoms with Gasteiger partial charge in [-0.3, -0.25) is 0 Å². The van der Waals surface area contributed by atoms with Crippen LogP contribution >= 0.6 is 11.6 Å². The Bertz CT molecular complexity index is 154. The van der Waals surface area contributed by atoms with Gasteiger partial charge in [0.2, 0.25) is 0 Å². The lowest BCUT2D eigenvalue weighted by atomic mass is 10.2. The molecule has 0 saturated heterocycles. The van der Waals surface area contributed by atoms with Gasteiger partial charge in [0.05, 0.1) is 5.29 Å². The van der Waals surface area contributed by atoms with Gasteiger partial charge in [0.1, 0.15) is 0 Å². The monoisotopic (exact) mass is 193 g/mol. The zero-order valence-corrected chi connectivity index (χ0v) is 7.46. The number of halogens is 1. The molecule has 0 aromatic carbocycles. The molecule has 0 bridgehead atoms. The number of hydrogen-bond donors (Lipinski definition) is 1. The van der Waals surface area contributed by atoms with Gasteiger partial charge in [0, 0.05) is 12.4 Å². The Balaban J connectivity index is 3.45. The Kier molecular flexibility index (Phi) is 6.37. The van der Waals surface area contributed by atoms with Gasteiger partial charge in [-0.2, -0.15) is 5.01 Å². The number of nitroso groups, excluding NO2 is 1. The number of hydrogen-bond acceptors (Lipinski definition) is 3. The largest absolute Gasteiger partial charge is 0.350 e. The van der Waals surface area contributed by atoms with Gasteiger partial charge in [-0.1, -0.05) is 6.42 Å². The van der Waals surface area contributed by atoms with E-state index < -0.39 is 6.03 Å². The number of urea groups is 1. The molecule has 0 atom stereocenters. The van der Waals surface area contributed by atoms with Crippen LogP contribution in [0.5, 0.6) is 0 Å². The molecule has 0 fully saturated rings. The number of rotatable bonds is 6. The molecule has 70 valence electrons. The van der Waals surface area contributed by atoms with Crippen LogP contribution in [0.25, 0.3) is 0 Å². The Labute approximate surface area is 75.8 Å². The van der Waals surface area contributed by atoms with E-state index in [1.54, 1.807) is 0 Å². The summed E-state index contributed by atoms with van der Waals surface area (Å²) < 4.78 is 0. The molecule has 6 heteroatoms. The van der Waals surface area contributed by atoms with E-state index >= 15 is 0 Å². The first-order valence-corrected chi connectivity index (χ1v) is 4.22. The Morgan fingerprint density at radius 2 is 2.08 bits per heavy atom. The average molecular weight is 194 g/mol. The average Bonchev–Trinajstić information content (AvgIpc) is 2.04. The first-order chi connectivity index (χ1) is 5.72. The van der Waals surface area contributed by atoms with Crippen LogP contribution in [-0.2, 0) is 0 Å². The molecule has 0 saturated carbocycles. The normalized spacial score (nSPS) is 9.42. The molecule has 2 N–H and O–H groups in total. The van der Waals surface area contributed by atoms with Crippen molar-refractivity contribution >= 4 is 17.6 Å². The molecular weight excluding hydrogens is 182 g/mol. The summed E-state index contributed by atoms with van der Waals surface area (Å²) in [5.41, 5.74) is 4.83. The molecular formula is C6H12ClN3O2. The lowest BCUT2D eigenvalue weighted by Gasteiger charge is -2.08. The van der Waals surface area contributed by atoms with E-state index in [0.29, 0.717) is 17.3 Å². The highest BCUT2D eigenvalue weighted by atomic mass is 35.5. The van der Waals surface area contributed by atoms with Crippen LogP contribution in [0.3, 0.4) is 0 Å². The number of nitrogens with zero attached hydrogens (tertiary/aromatic N) is 2. The van der Waals surface area contributed by atoms with E-state index in [0.717, 1.165) is 12.8 Å². The second-order valence-corrected chi connectivity index (χ2v) is 2.67. The molecule has 0 spiro atoms. The maximum Gasteiger partial charge on any atom is 0.337 e. The third-order valence-corrected chi connectivity index (χ3v) is 1.62. The second-order valence-electron chi connectivity index (χ2n) is 2.29. The van der Waals surface area contributed by atoms with Crippen molar-refractivity contribution in [2.24, 2.45) is 11.0 Å². The van der Waals surface area contributed by atoms with Crippen LogP contribution in [0.1, 0.15) is 19.3 Å². The summed E-state index contributed by atoms with van der Waals surface area (Å²) in [4.78, 5) is 20.4. The Hall–Kier alpha value is -0.840. The van der Waals surface area contributed by atoms with Crippen molar-refractivity contribution in [2.45, 2.75) is 19.3 Å². The summed E-state index contributed by atoms with van der Waals surface area (Å²) in [7, 11) is 0. The zero-order valence-electron chi connectivity index (χ0n) is 6.70. The van der Waals surface area contributed by atoms with Crippen molar-refractivity contribution in [1.82, 2.24) is 5.01 Å². The first-order valence-electron chi connectivity index (χ1n) is 3.68. The zero-order chi connectivity index (χ0) is 9.40. The summed E-state index contributed by atoms with van der Waals surface area (Å²) in [6.45, 7) is 0.274. The number of nitrogens with two attached hydrogens (primary N) is 1. The van der Waals surface area contributed by atoms with Crippen LogP contribution in [0, 0.1) is 4.91 Å². The van der Waals surface area contributed by atoms with Crippen LogP contribution in [0.15, 0.2) is 5.29 Å². The van der Waals surface area contributed by atoms with Gasteiger partial charge in [-0.25, -0.2) is 4.79 Å². The van der Waals surface area contributed by atoms with Gasteiger partial charge in [0.25, 0.3) is 0 Å². The number of amides is 2. The van der Waals surface area contributed by atoms with E-state index in [1.165, 1.54) is 0 Å². The van der Waals surface area contributed by atoms with Gasteiger partial charge >= 0.3 is 6.03 Å². The van der Waals surface area contributed by atoms with Crippen molar-refractivity contribution < 1.29 is 4.79 Å². The quantitative estimate of drug-likeness (QED) is 0.300. The van der Waals surface area contributed by atoms with Crippen molar-refractivity contribution in [2.75, 3.05) is 12.4 Å². The molecule has 0 radical (unpaired) electrons. The third-order valence-electron chi connectivity index (χ3n) is 1.36. The molecule has 0 heterocycles. The molecule has 0 aromatic heterocycles. The minimum Gasteiger partial charge on any atom is -0.350 e. The lowest BCUT2D eigenvalue weighted by Crippen LogP contribution is -2.31. The molecule has 0 aliphatic heterocycles. The van der Waals surface area contributed by atoms with Crippen molar-refractivity contribution in [1.29, 1.82) is 0 Å². The maximum absolute atomic E-state index is 10.4. The fourth-order valence-corrected chi connectivity index (χ4v) is 0.913. The van der Waals surface area contributed by atoms with E-state index in [-0.39, 0.29) is 6.54 Å². The van der Waals surface area contributed by atoms with Crippen LogP contribution in [-0.4, -0.2) is 23.5 Å². The van der Waals surface area contributed by atoms with E-state index in [2.05, 4.69) is 5.29 Å². The van der Waals surface area contributed by atoms with Gasteiger partial charge < -0.3 is 5.73 Å². The first kappa shape index (κ1) is 11.2. The van der Waals surface area contributed by atoms with E-state index in [4.69, 9.17) is 17.3 Å². The van der Waals surface area contributed by atoms with Crippen molar-refractivity contribution in [3.63, 3.8) is 0 Å². The van der Waals surface area contributed by atoms with Gasteiger partial charge in [-0.05, 0) is 12.8 Å². The van der Waals surface area contributed by atoms with Crippen molar-refractivity contribution in [3.05, 3.63) is 4.91 Å². The second kappa shape index (κ2) is 6.84. The summed E-state index contributed by atoms with van der Waals surface area (Å²) in [6.07, 6.45) is 2.43. The molecule has 0 aliphatic carbocycles. The minimum absolute atomic E-state index is 0.274. The summed E-state index contributed by atoms with van der Waals surface area (Å²) >= 11 is 5.42. The summed E-state index contributed by atoms with van der Waals surface area (Å²) in [6, 6.07) is -0.809. The third kappa shape index (κ3) is 4.90. The summed E-state index contributed by atoms with van der Waals surface area (Å²) in [5, 5.41) is 3.16. The number of carbonyl (C=O) groups excluding carboxylic acids is 1. The maximum atomic E-state index is 10.4. The van der Waals surface area contributed by atoms with Gasteiger partial charge in [-0.15, -0.1) is 16.5 Å². The molecule has 12 heavy (non-hydrogen) atoms. The predicted molar refractivity (Wildman–Crippen MR) is 46.7 cm³/mol. The smallest absolute Gasteiger partial charge is 0.337 e. The highest BCUT2D eigenvalue weighted by Crippen LogP contribution is 2.00. The minimum atomic E-state index is -0.809. The summed E-state index contributed by atoms with van der Waals surface area (Å²) in [5.74, 6) is 0.588. The number of primary amides is 1. The van der Waals surface area contributed by atoms with Crippen LogP contribution < -0.4 is 5.73 Å². The van der Waals surface area contributed by atoms with E-state index in [1.807, 2.05) is 0 Å². The molecule has 0 rings (SSSR count). The fourth-order valence-electron chi connectivity index (χ4n) is 0.724. The molecule has 0 unspecified atom stereocenters. The molecule has 2 amide bonds. The van der Waals surface area contributed by atoms with Gasteiger partial charge in [0.15, 0.2) is 0 Å². The topological polar surface area (TPSA) is 75.8 Å². The Morgan fingerprint density at radius 3 is 2.50 bits per heavy atom.